The first-order valence-electron chi connectivity index (χ1n) is 7.40. The lowest BCUT2D eigenvalue weighted by Crippen LogP contribution is -2.35. The van der Waals surface area contributed by atoms with Crippen LogP contribution in [0.1, 0.15) is 54.9 Å². The molecule has 0 radical (unpaired) electrons. The van der Waals surface area contributed by atoms with E-state index in [-0.39, 0.29) is 5.97 Å². The van der Waals surface area contributed by atoms with Gasteiger partial charge in [0.25, 0.3) is 0 Å². The summed E-state index contributed by atoms with van der Waals surface area (Å²) in [6, 6.07) is 0.541. The van der Waals surface area contributed by atoms with Gasteiger partial charge >= 0.3 is 5.97 Å². The minimum Gasteiger partial charge on any atom is -0.461 e. The van der Waals surface area contributed by atoms with E-state index in [1.54, 1.807) is 11.3 Å². The molecule has 0 aliphatic heterocycles. The molecule has 20 heavy (non-hydrogen) atoms. The summed E-state index contributed by atoms with van der Waals surface area (Å²) in [5, 5.41) is 0.935. The highest BCUT2D eigenvalue weighted by Crippen LogP contribution is 2.32. The number of rotatable bonds is 4. The summed E-state index contributed by atoms with van der Waals surface area (Å²) in [4.78, 5) is 19.5. The molecule has 5 heteroatoms. The third-order valence-electron chi connectivity index (χ3n) is 4.01. The van der Waals surface area contributed by atoms with Gasteiger partial charge in [-0.3, -0.25) is 0 Å². The van der Waals surface area contributed by atoms with Crippen molar-refractivity contribution in [3.8, 4) is 0 Å². The van der Waals surface area contributed by atoms with E-state index in [0.29, 0.717) is 18.3 Å². The van der Waals surface area contributed by atoms with Gasteiger partial charge in [-0.1, -0.05) is 19.8 Å². The predicted molar refractivity (Wildman–Crippen MR) is 82.6 cm³/mol. The molecule has 0 saturated heterocycles. The molecule has 0 N–H and O–H groups in total. The van der Waals surface area contributed by atoms with Crippen LogP contribution in [0.15, 0.2) is 0 Å². The van der Waals surface area contributed by atoms with Crippen LogP contribution in [-0.2, 0) is 4.74 Å². The fourth-order valence-corrected chi connectivity index (χ4v) is 3.76. The van der Waals surface area contributed by atoms with E-state index >= 15 is 0 Å². The molecule has 1 aliphatic carbocycles. The fraction of sp³-hybridized carbons (Fsp3) is 0.733. The Labute approximate surface area is 125 Å². The molecule has 4 nitrogen and oxygen atoms in total. The number of nitrogens with zero attached hydrogens (tertiary/aromatic N) is 2. The normalized spacial score (nSPS) is 22.6. The lowest BCUT2D eigenvalue weighted by atomic mass is 9.86. The van der Waals surface area contributed by atoms with Gasteiger partial charge in [0.1, 0.15) is 0 Å². The highest BCUT2D eigenvalue weighted by Gasteiger charge is 2.26. The topological polar surface area (TPSA) is 42.4 Å². The number of aromatic nitrogens is 1. The Morgan fingerprint density at radius 2 is 2.25 bits per heavy atom. The zero-order valence-electron chi connectivity index (χ0n) is 12.8. The summed E-state index contributed by atoms with van der Waals surface area (Å²) in [6.07, 6.45) is 5.04. The molecule has 1 saturated carbocycles. The van der Waals surface area contributed by atoms with E-state index in [1.165, 1.54) is 25.7 Å². The van der Waals surface area contributed by atoms with Crippen LogP contribution >= 0.6 is 11.3 Å². The summed E-state index contributed by atoms with van der Waals surface area (Å²) < 4.78 is 5.05. The number of aryl methyl sites for hydroxylation is 1. The van der Waals surface area contributed by atoms with Gasteiger partial charge in [0.15, 0.2) is 10.8 Å². The molecule has 0 spiro atoms. The predicted octanol–water partition coefficient (Wildman–Crippen LogP) is 3.64. The van der Waals surface area contributed by atoms with Gasteiger partial charge in [-0.2, -0.15) is 0 Å². The number of ether oxygens (including phenoxy) is 1. The minimum absolute atomic E-state index is 0.307. The quantitative estimate of drug-likeness (QED) is 0.796. The summed E-state index contributed by atoms with van der Waals surface area (Å²) in [7, 11) is 2.09. The van der Waals surface area contributed by atoms with Crippen molar-refractivity contribution in [3.05, 3.63) is 10.6 Å². The Balaban J connectivity index is 2.12. The number of thiazole rings is 1. The molecule has 2 atom stereocenters. The molecule has 1 heterocycles. The van der Waals surface area contributed by atoms with Crippen LogP contribution in [0, 0.1) is 12.8 Å². The van der Waals surface area contributed by atoms with E-state index in [0.717, 1.165) is 15.9 Å². The van der Waals surface area contributed by atoms with Crippen LogP contribution in [0.25, 0.3) is 0 Å². The summed E-state index contributed by atoms with van der Waals surface area (Å²) >= 11 is 1.59. The molecule has 1 aromatic heterocycles. The molecule has 1 aliphatic rings. The number of carbonyl (C=O) groups excluding carboxylic acids is 1. The molecule has 1 aromatic rings. The van der Waals surface area contributed by atoms with Crippen molar-refractivity contribution in [2.75, 3.05) is 18.6 Å². The van der Waals surface area contributed by atoms with Gasteiger partial charge in [0.05, 0.1) is 6.61 Å². The van der Waals surface area contributed by atoms with E-state index in [9.17, 15) is 4.79 Å². The maximum absolute atomic E-state index is 11.8. The van der Waals surface area contributed by atoms with Gasteiger partial charge in [0.2, 0.25) is 0 Å². The van der Waals surface area contributed by atoms with Gasteiger partial charge in [-0.25, -0.2) is 9.78 Å². The van der Waals surface area contributed by atoms with Crippen LogP contribution in [0.4, 0.5) is 5.13 Å². The Hall–Kier alpha value is -1.10. The van der Waals surface area contributed by atoms with Gasteiger partial charge < -0.3 is 9.64 Å². The summed E-state index contributed by atoms with van der Waals surface area (Å²) in [5.41, 5.74) is 0.475. The molecule has 0 aromatic carbocycles. The minimum atomic E-state index is -0.307. The van der Waals surface area contributed by atoms with Crippen molar-refractivity contribution in [3.63, 3.8) is 0 Å². The van der Waals surface area contributed by atoms with Crippen LogP contribution < -0.4 is 4.90 Å². The van der Waals surface area contributed by atoms with Gasteiger partial charge in [-0.15, -0.1) is 11.3 Å². The Morgan fingerprint density at radius 3 is 2.90 bits per heavy atom. The highest BCUT2D eigenvalue weighted by atomic mass is 32.1. The molecule has 0 amide bonds. The fourth-order valence-electron chi connectivity index (χ4n) is 2.83. The summed E-state index contributed by atoms with van der Waals surface area (Å²) in [5.74, 6) is 0.472. The van der Waals surface area contributed by atoms with Crippen molar-refractivity contribution in [2.24, 2.45) is 5.92 Å². The van der Waals surface area contributed by atoms with Crippen molar-refractivity contribution in [1.29, 1.82) is 0 Å². The number of carbonyl (C=O) groups is 1. The van der Waals surface area contributed by atoms with Crippen molar-refractivity contribution < 1.29 is 9.53 Å². The zero-order chi connectivity index (χ0) is 14.7. The van der Waals surface area contributed by atoms with Crippen LogP contribution in [-0.4, -0.2) is 30.6 Å². The molecule has 112 valence electrons. The van der Waals surface area contributed by atoms with Crippen molar-refractivity contribution in [1.82, 2.24) is 4.98 Å². The maximum atomic E-state index is 11.8. The van der Waals surface area contributed by atoms with Crippen molar-refractivity contribution in [2.45, 2.75) is 52.5 Å². The lowest BCUT2D eigenvalue weighted by molar-refractivity contribution is 0.0519. The van der Waals surface area contributed by atoms with Gasteiger partial charge in [-0.05, 0) is 32.6 Å². The van der Waals surface area contributed by atoms with Crippen molar-refractivity contribution >= 4 is 22.4 Å². The highest BCUT2D eigenvalue weighted by molar-refractivity contribution is 7.15. The smallest absolute Gasteiger partial charge is 0.358 e. The second-order valence-corrected chi connectivity index (χ2v) is 6.84. The van der Waals surface area contributed by atoms with E-state index in [1.807, 2.05) is 13.8 Å². The van der Waals surface area contributed by atoms with E-state index in [4.69, 9.17) is 4.74 Å². The second-order valence-electron chi connectivity index (χ2n) is 5.66. The average molecular weight is 296 g/mol. The Morgan fingerprint density at radius 1 is 1.50 bits per heavy atom. The molecular weight excluding hydrogens is 272 g/mol. The first kappa shape index (κ1) is 15.3. The maximum Gasteiger partial charge on any atom is 0.358 e. The Kier molecular flexibility index (Phi) is 5.02. The molecule has 1 fully saturated rings. The monoisotopic (exact) mass is 296 g/mol. The Bertz CT molecular complexity index is 472. The standard InChI is InChI=1S/C15H24N2O2S/c1-5-19-14(18)13-11(3)20-15(16-13)17(4)12-8-6-7-10(2)9-12/h10,12H,5-9H2,1-4H3. The number of hydrogen-bond acceptors (Lipinski definition) is 5. The number of esters is 1. The first-order valence-corrected chi connectivity index (χ1v) is 8.22. The second kappa shape index (κ2) is 6.57. The van der Waals surface area contributed by atoms with Crippen LogP contribution in [0.3, 0.4) is 0 Å². The van der Waals surface area contributed by atoms with E-state index < -0.39 is 0 Å². The van der Waals surface area contributed by atoms with E-state index in [2.05, 4.69) is 23.9 Å². The number of hydrogen-bond donors (Lipinski definition) is 0. The zero-order valence-corrected chi connectivity index (χ0v) is 13.6. The molecular formula is C15H24N2O2S. The third kappa shape index (κ3) is 3.32. The third-order valence-corrected chi connectivity index (χ3v) is 5.07. The SMILES string of the molecule is CCOC(=O)c1nc(N(C)C2CCCC(C)C2)sc1C. The molecule has 2 rings (SSSR count). The summed E-state index contributed by atoms with van der Waals surface area (Å²) in [6.45, 7) is 6.46. The first-order chi connectivity index (χ1) is 9.52. The molecule has 0 bridgehead atoms. The van der Waals surface area contributed by atoms with Crippen LogP contribution in [0.2, 0.25) is 0 Å². The average Bonchev–Trinajstić information content (AvgIpc) is 2.80. The number of anilines is 1. The largest absolute Gasteiger partial charge is 0.461 e. The lowest BCUT2D eigenvalue weighted by Gasteiger charge is -2.33. The molecule has 2 unspecified atom stereocenters. The van der Waals surface area contributed by atoms with Crippen LogP contribution in [0.5, 0.6) is 0 Å². The van der Waals surface area contributed by atoms with Gasteiger partial charge in [0, 0.05) is 18.0 Å².